The summed E-state index contributed by atoms with van der Waals surface area (Å²) in [7, 11) is 0. The molecule has 1 aliphatic rings. The van der Waals surface area contributed by atoms with E-state index >= 15 is 0 Å². The highest BCUT2D eigenvalue weighted by molar-refractivity contribution is 8.26. The molecule has 1 fully saturated rings. The van der Waals surface area contributed by atoms with E-state index in [1.807, 2.05) is 62.4 Å². The largest absolute Gasteiger partial charge is 0.490 e. The van der Waals surface area contributed by atoms with Gasteiger partial charge < -0.3 is 13.9 Å². The fourth-order valence-corrected chi connectivity index (χ4v) is 4.47. The fraction of sp³-hybridized carbons (Fsp3) is 0.200. The highest BCUT2D eigenvalue weighted by atomic mass is 32.2. The summed E-state index contributed by atoms with van der Waals surface area (Å²) in [6.45, 7) is 5.26. The fourth-order valence-electron chi connectivity index (χ4n) is 3.21. The summed E-state index contributed by atoms with van der Waals surface area (Å²) in [6, 6.07) is 17.4. The minimum absolute atomic E-state index is 0.121. The van der Waals surface area contributed by atoms with E-state index in [1.54, 1.807) is 17.2 Å². The second-order valence-electron chi connectivity index (χ2n) is 7.39. The summed E-state index contributed by atoms with van der Waals surface area (Å²) in [4.78, 5) is 14.9. The van der Waals surface area contributed by atoms with Gasteiger partial charge >= 0.3 is 0 Å². The van der Waals surface area contributed by atoms with E-state index in [2.05, 4.69) is 6.07 Å². The molecule has 164 valence electrons. The Morgan fingerprint density at radius 3 is 2.72 bits per heavy atom. The molecule has 1 amide bonds. The van der Waals surface area contributed by atoms with Crippen LogP contribution in [0.3, 0.4) is 0 Å². The van der Waals surface area contributed by atoms with Gasteiger partial charge in [0.25, 0.3) is 5.91 Å². The molecule has 1 saturated heterocycles. The zero-order valence-corrected chi connectivity index (χ0v) is 19.5. The third-order valence-corrected chi connectivity index (χ3v) is 6.25. The number of hydrogen-bond acceptors (Lipinski definition) is 6. The van der Waals surface area contributed by atoms with Gasteiger partial charge in [0, 0.05) is 0 Å². The number of aryl methyl sites for hydroxylation is 2. The highest BCUT2D eigenvalue weighted by Crippen LogP contribution is 2.34. The van der Waals surface area contributed by atoms with Crippen molar-refractivity contribution in [3.63, 3.8) is 0 Å². The molecule has 0 radical (unpaired) electrons. The van der Waals surface area contributed by atoms with E-state index in [0.29, 0.717) is 34.7 Å². The molecular weight excluding hydrogens is 442 g/mol. The molecule has 0 saturated carbocycles. The lowest BCUT2D eigenvalue weighted by molar-refractivity contribution is -0.122. The van der Waals surface area contributed by atoms with Crippen molar-refractivity contribution in [3.05, 3.63) is 88.2 Å². The number of benzene rings is 2. The Kier molecular flexibility index (Phi) is 6.97. The smallest absolute Gasteiger partial charge is 0.266 e. The van der Waals surface area contributed by atoms with Crippen molar-refractivity contribution in [2.24, 2.45) is 0 Å². The van der Waals surface area contributed by atoms with Crippen LogP contribution in [-0.4, -0.2) is 28.3 Å². The van der Waals surface area contributed by atoms with Crippen molar-refractivity contribution in [2.45, 2.75) is 20.4 Å². The van der Waals surface area contributed by atoms with Crippen LogP contribution in [0.15, 0.2) is 70.2 Å². The maximum atomic E-state index is 12.8. The molecule has 0 spiro atoms. The maximum absolute atomic E-state index is 12.8. The molecule has 5 nitrogen and oxygen atoms in total. The molecule has 0 bridgehead atoms. The average Bonchev–Trinajstić information content (AvgIpc) is 3.38. The van der Waals surface area contributed by atoms with Crippen LogP contribution in [0, 0.1) is 13.8 Å². The van der Waals surface area contributed by atoms with E-state index in [4.69, 9.17) is 26.1 Å². The van der Waals surface area contributed by atoms with Gasteiger partial charge in [-0.2, -0.15) is 0 Å². The molecule has 0 unspecified atom stereocenters. The van der Waals surface area contributed by atoms with E-state index < -0.39 is 0 Å². The van der Waals surface area contributed by atoms with Gasteiger partial charge in [0.1, 0.15) is 34.8 Å². The molecule has 0 aliphatic carbocycles. The second-order valence-corrected chi connectivity index (χ2v) is 9.06. The number of carbonyl (C=O) groups excluding carboxylic acids is 1. The van der Waals surface area contributed by atoms with Gasteiger partial charge in [-0.1, -0.05) is 48.2 Å². The molecule has 1 aliphatic heterocycles. The monoisotopic (exact) mass is 465 g/mol. The molecule has 1 aromatic heterocycles. The standard InChI is InChI=1S/C25H23NO4S2/c1-17-8-9-18(2)22(13-17)30-12-11-29-20-6-3-5-19(14-20)15-23-24(27)26(25(31)32-23)16-21-7-4-10-28-21/h3-10,13-15H,11-12,16H2,1-2H3/b23-15-. The minimum Gasteiger partial charge on any atom is -0.490 e. The number of hydrogen-bond donors (Lipinski definition) is 0. The zero-order valence-electron chi connectivity index (χ0n) is 17.9. The van der Waals surface area contributed by atoms with Crippen LogP contribution < -0.4 is 9.47 Å². The molecule has 0 N–H and O–H groups in total. The lowest BCUT2D eigenvalue weighted by Crippen LogP contribution is -2.27. The first-order valence-electron chi connectivity index (χ1n) is 10.2. The van der Waals surface area contributed by atoms with Gasteiger partial charge in [-0.25, -0.2) is 0 Å². The predicted octanol–water partition coefficient (Wildman–Crippen LogP) is 5.76. The zero-order chi connectivity index (χ0) is 22.5. The first-order chi connectivity index (χ1) is 15.5. The van der Waals surface area contributed by atoms with Gasteiger partial charge in [-0.05, 0) is 66.9 Å². The number of thiocarbonyl (C=S) groups is 1. The Hall–Kier alpha value is -3.03. The number of amides is 1. The molecule has 7 heteroatoms. The van der Waals surface area contributed by atoms with E-state index in [9.17, 15) is 4.79 Å². The third-order valence-electron chi connectivity index (χ3n) is 4.88. The summed E-state index contributed by atoms with van der Waals surface area (Å²) in [5.41, 5.74) is 3.13. The first kappa shape index (κ1) is 22.2. The number of nitrogens with zero attached hydrogens (tertiary/aromatic N) is 1. The molecule has 2 aromatic carbocycles. The number of thioether (sulfide) groups is 1. The van der Waals surface area contributed by atoms with Crippen LogP contribution in [-0.2, 0) is 11.3 Å². The molecule has 32 heavy (non-hydrogen) atoms. The second kappa shape index (κ2) is 10.1. The molecule has 4 rings (SSSR count). The van der Waals surface area contributed by atoms with Crippen molar-refractivity contribution >= 4 is 40.3 Å². The van der Waals surface area contributed by atoms with Crippen molar-refractivity contribution in [1.82, 2.24) is 4.90 Å². The lowest BCUT2D eigenvalue weighted by atomic mass is 10.1. The molecule has 0 atom stereocenters. The quantitative estimate of drug-likeness (QED) is 0.240. The van der Waals surface area contributed by atoms with Gasteiger partial charge in [0.05, 0.1) is 17.7 Å². The Balaban J connectivity index is 1.35. The Morgan fingerprint density at radius 1 is 1.06 bits per heavy atom. The molecule has 2 heterocycles. The van der Waals surface area contributed by atoms with E-state index in [0.717, 1.165) is 28.2 Å². The van der Waals surface area contributed by atoms with Crippen molar-refractivity contribution in [3.8, 4) is 11.5 Å². The van der Waals surface area contributed by atoms with Gasteiger partial charge in [0.2, 0.25) is 0 Å². The van der Waals surface area contributed by atoms with Gasteiger partial charge in [0.15, 0.2) is 0 Å². The topological polar surface area (TPSA) is 51.9 Å². The average molecular weight is 466 g/mol. The number of rotatable bonds is 8. The van der Waals surface area contributed by atoms with Crippen molar-refractivity contribution in [2.75, 3.05) is 13.2 Å². The van der Waals surface area contributed by atoms with Crippen LogP contribution >= 0.6 is 24.0 Å². The molecular formula is C25H23NO4S2. The van der Waals surface area contributed by atoms with E-state index in [1.165, 1.54) is 11.8 Å². The number of ether oxygens (including phenoxy) is 2. The number of furan rings is 1. The Labute approximate surface area is 197 Å². The Morgan fingerprint density at radius 2 is 1.91 bits per heavy atom. The predicted molar refractivity (Wildman–Crippen MR) is 131 cm³/mol. The third kappa shape index (κ3) is 5.41. The van der Waals surface area contributed by atoms with Gasteiger partial charge in [-0.15, -0.1) is 0 Å². The van der Waals surface area contributed by atoms with Gasteiger partial charge in [-0.3, -0.25) is 9.69 Å². The summed E-state index contributed by atoms with van der Waals surface area (Å²) < 4.78 is 17.6. The SMILES string of the molecule is Cc1ccc(C)c(OCCOc2cccc(/C=C3\SC(=S)N(Cc4ccco4)C3=O)c2)c1. The number of carbonyl (C=O) groups is 1. The summed E-state index contributed by atoms with van der Waals surface area (Å²) >= 11 is 6.68. The summed E-state index contributed by atoms with van der Waals surface area (Å²) in [6.07, 6.45) is 3.42. The Bertz CT molecular complexity index is 1150. The van der Waals surface area contributed by atoms with Crippen LogP contribution in [0.5, 0.6) is 11.5 Å². The molecule has 3 aromatic rings. The van der Waals surface area contributed by atoms with Crippen LogP contribution in [0.2, 0.25) is 0 Å². The normalized spacial score (nSPS) is 14.9. The van der Waals surface area contributed by atoms with Crippen molar-refractivity contribution < 1.29 is 18.7 Å². The summed E-state index contributed by atoms with van der Waals surface area (Å²) in [5.74, 6) is 2.17. The van der Waals surface area contributed by atoms with Crippen LogP contribution in [0.1, 0.15) is 22.5 Å². The van der Waals surface area contributed by atoms with Crippen LogP contribution in [0.25, 0.3) is 6.08 Å². The van der Waals surface area contributed by atoms with E-state index in [-0.39, 0.29) is 5.91 Å². The highest BCUT2D eigenvalue weighted by Gasteiger charge is 2.32. The first-order valence-corrected chi connectivity index (χ1v) is 11.4. The van der Waals surface area contributed by atoms with Crippen LogP contribution in [0.4, 0.5) is 0 Å². The lowest BCUT2D eigenvalue weighted by Gasteiger charge is -2.12. The maximum Gasteiger partial charge on any atom is 0.266 e. The minimum atomic E-state index is -0.121. The summed E-state index contributed by atoms with van der Waals surface area (Å²) in [5, 5.41) is 0. The van der Waals surface area contributed by atoms with Crippen molar-refractivity contribution in [1.29, 1.82) is 0 Å².